The summed E-state index contributed by atoms with van der Waals surface area (Å²) in [5, 5.41) is 24.6. The lowest BCUT2D eigenvalue weighted by molar-refractivity contribution is -0.144. The number of aliphatic hydroxyl groups is 1. The molecule has 0 aliphatic carbocycles. The molecule has 1 saturated heterocycles. The van der Waals surface area contributed by atoms with Gasteiger partial charge in [-0.2, -0.15) is 0 Å². The number of carbonyl (C=O) groups is 4. The Labute approximate surface area is 314 Å². The Balaban J connectivity index is 1.30. The number of carboxylic acids is 1. The molecule has 0 radical (unpaired) electrons. The minimum absolute atomic E-state index is 0.0170. The molecule has 2 aromatic rings. The summed E-state index contributed by atoms with van der Waals surface area (Å²) in [6.07, 6.45) is -0.772. The van der Waals surface area contributed by atoms with Gasteiger partial charge in [0.2, 0.25) is 17.7 Å². The van der Waals surface area contributed by atoms with Crippen LogP contribution in [0.4, 0.5) is 0 Å². The number of β-amino-alcohol motifs (C(OH)–C–C–N with tert-alkyl or cyclic N) is 1. The van der Waals surface area contributed by atoms with E-state index in [9.17, 15) is 24.3 Å². The van der Waals surface area contributed by atoms with Gasteiger partial charge in [0, 0.05) is 19.5 Å². The molecule has 2 heterocycles. The number of carbonyl (C=O) groups excluding carboxylic acids is 3. The number of likely N-dealkylation sites (tertiary alicyclic amines) is 1. The smallest absolute Gasteiger partial charge is 0.329 e. The van der Waals surface area contributed by atoms with E-state index in [1.807, 2.05) is 52.0 Å². The lowest BCUT2D eigenvalue weighted by Gasteiger charge is -2.35. The van der Waals surface area contributed by atoms with Gasteiger partial charge < -0.3 is 54.2 Å². The third-order valence-corrected chi connectivity index (χ3v) is 9.01. The van der Waals surface area contributed by atoms with Crippen LogP contribution in [0.25, 0.3) is 10.4 Å². The Kier molecular flexibility index (Phi) is 19.3. The number of aliphatic hydroxyl groups excluding tert-OH is 1. The molecule has 1 fully saturated rings. The fourth-order valence-corrected chi connectivity index (χ4v) is 6.12. The van der Waals surface area contributed by atoms with Crippen LogP contribution in [0.15, 0.2) is 29.8 Å². The Morgan fingerprint density at radius 2 is 1.40 bits per heavy atom. The van der Waals surface area contributed by atoms with E-state index in [2.05, 4.69) is 15.6 Å². The van der Waals surface area contributed by atoms with Crippen LogP contribution in [0.3, 0.4) is 0 Å². The number of nitrogens with zero attached hydrogens (tertiary/aromatic N) is 2. The molecule has 0 bridgehead atoms. The van der Waals surface area contributed by atoms with Crippen LogP contribution in [-0.4, -0.2) is 148 Å². The van der Waals surface area contributed by atoms with Crippen LogP contribution in [0.1, 0.15) is 38.4 Å². The van der Waals surface area contributed by atoms with Gasteiger partial charge in [0.25, 0.3) is 0 Å². The summed E-state index contributed by atoms with van der Waals surface area (Å²) in [5.41, 5.74) is 4.01. The number of carboxylic acid groups (broad SMARTS) is 1. The van der Waals surface area contributed by atoms with Crippen molar-refractivity contribution in [2.45, 2.75) is 58.8 Å². The third kappa shape index (κ3) is 16.2. The first-order valence-electron chi connectivity index (χ1n) is 17.6. The van der Waals surface area contributed by atoms with E-state index in [1.54, 1.807) is 16.8 Å². The first-order valence-corrected chi connectivity index (χ1v) is 18.5. The highest BCUT2D eigenvalue weighted by Crippen LogP contribution is 2.28. The highest BCUT2D eigenvalue weighted by Gasteiger charge is 2.44. The molecule has 1 aromatic heterocycles. The number of amides is 3. The Morgan fingerprint density at radius 1 is 0.868 bits per heavy atom. The number of aryl methyl sites for hydroxylation is 1. The fraction of sp³-hybridized carbons (Fsp3) is 0.639. The number of nitrogens with one attached hydrogen (secondary N) is 2. The van der Waals surface area contributed by atoms with Gasteiger partial charge in [-0.3, -0.25) is 14.4 Å². The molecule has 3 atom stereocenters. The zero-order chi connectivity index (χ0) is 38.6. The summed E-state index contributed by atoms with van der Waals surface area (Å²) in [5.74, 6) is -2.34. The zero-order valence-corrected chi connectivity index (χ0v) is 31.8. The van der Waals surface area contributed by atoms with Crippen LogP contribution in [0.5, 0.6) is 0 Å². The van der Waals surface area contributed by atoms with Gasteiger partial charge >= 0.3 is 5.97 Å². The SMILES string of the molecule is Cc1ncsc1-c1ccc(CNC(=O)[C@@H]2C[C@@H](O)CN2C(=O)[C@@H](NC(=O)COCCOCCOCCOCCOCCOCC(=O)O)C(C)(C)C)cc1. The second-order valence-electron chi connectivity index (χ2n) is 13.4. The lowest BCUT2D eigenvalue weighted by atomic mass is 9.85. The molecule has 1 aliphatic heterocycles. The first kappa shape index (κ1) is 43.9. The van der Waals surface area contributed by atoms with Gasteiger partial charge in [-0.15, -0.1) is 11.3 Å². The standard InChI is InChI=1S/C36H54N4O12S/c1-25-32(53-24-38-25)27-7-5-26(6-8-27)20-37-34(45)29-19-28(41)21-40(29)35(46)33(36(2,3)4)39-30(42)22-51-17-15-49-13-11-47-9-10-48-12-14-50-16-18-52-23-31(43)44/h5-8,24,28-29,33,41H,9-23H2,1-4H3,(H,37,45)(H,39,42)(H,43,44)/t28-,29+,33-/m1/s1. The van der Waals surface area contributed by atoms with Crippen molar-refractivity contribution >= 4 is 35.0 Å². The summed E-state index contributed by atoms with van der Waals surface area (Å²) in [6.45, 7) is 10.1. The maximum absolute atomic E-state index is 13.8. The highest BCUT2D eigenvalue weighted by molar-refractivity contribution is 7.13. The van der Waals surface area contributed by atoms with E-state index in [4.69, 9.17) is 33.5 Å². The molecule has 0 saturated carbocycles. The van der Waals surface area contributed by atoms with Gasteiger partial charge in [-0.25, -0.2) is 9.78 Å². The van der Waals surface area contributed by atoms with E-state index in [1.165, 1.54) is 4.90 Å². The molecular weight excluding hydrogens is 712 g/mol. The second kappa shape index (κ2) is 23.3. The minimum atomic E-state index is -1.02. The molecule has 3 rings (SSSR count). The van der Waals surface area contributed by atoms with Crippen molar-refractivity contribution in [3.05, 3.63) is 41.0 Å². The zero-order valence-electron chi connectivity index (χ0n) is 31.0. The molecule has 4 N–H and O–H groups in total. The molecule has 1 aromatic carbocycles. The monoisotopic (exact) mass is 766 g/mol. The van der Waals surface area contributed by atoms with Crippen LogP contribution in [0.2, 0.25) is 0 Å². The third-order valence-electron chi connectivity index (χ3n) is 8.03. The van der Waals surface area contributed by atoms with Crippen molar-refractivity contribution in [1.29, 1.82) is 0 Å². The molecule has 17 heteroatoms. The summed E-state index contributed by atoms with van der Waals surface area (Å²) >= 11 is 1.57. The van der Waals surface area contributed by atoms with Crippen molar-refractivity contribution in [2.75, 3.05) is 85.8 Å². The van der Waals surface area contributed by atoms with E-state index in [0.29, 0.717) is 39.6 Å². The predicted molar refractivity (Wildman–Crippen MR) is 194 cm³/mol. The molecule has 1 aliphatic rings. The highest BCUT2D eigenvalue weighted by atomic mass is 32.1. The summed E-state index contributed by atoms with van der Waals surface area (Å²) in [4.78, 5) is 57.0. The summed E-state index contributed by atoms with van der Waals surface area (Å²) in [7, 11) is 0. The maximum atomic E-state index is 13.8. The number of benzene rings is 1. The number of aromatic nitrogens is 1. The van der Waals surface area contributed by atoms with Gasteiger partial charge in [0.05, 0.1) is 88.3 Å². The van der Waals surface area contributed by atoms with E-state index < -0.39 is 41.4 Å². The number of ether oxygens (including phenoxy) is 6. The average molecular weight is 767 g/mol. The first-order chi connectivity index (χ1) is 25.4. The Bertz CT molecular complexity index is 1420. The number of hydrogen-bond donors (Lipinski definition) is 4. The summed E-state index contributed by atoms with van der Waals surface area (Å²) in [6, 6.07) is 5.99. The van der Waals surface area contributed by atoms with Crippen molar-refractivity contribution < 1.29 is 57.8 Å². The topological polar surface area (TPSA) is 204 Å². The fourth-order valence-electron chi connectivity index (χ4n) is 5.30. The van der Waals surface area contributed by atoms with Crippen LogP contribution in [0, 0.1) is 12.3 Å². The van der Waals surface area contributed by atoms with Crippen LogP contribution >= 0.6 is 11.3 Å². The largest absolute Gasteiger partial charge is 0.480 e. The predicted octanol–water partition coefficient (Wildman–Crippen LogP) is 1.41. The van der Waals surface area contributed by atoms with Crippen molar-refractivity contribution in [2.24, 2.45) is 5.41 Å². The lowest BCUT2D eigenvalue weighted by Crippen LogP contribution is -2.58. The summed E-state index contributed by atoms with van der Waals surface area (Å²) < 4.78 is 31.8. The van der Waals surface area contributed by atoms with Crippen molar-refractivity contribution in [3.63, 3.8) is 0 Å². The van der Waals surface area contributed by atoms with Crippen LogP contribution < -0.4 is 10.6 Å². The Morgan fingerprint density at radius 3 is 1.89 bits per heavy atom. The van der Waals surface area contributed by atoms with Gasteiger partial charge in [0.15, 0.2) is 0 Å². The number of rotatable bonds is 25. The molecular formula is C36H54N4O12S. The maximum Gasteiger partial charge on any atom is 0.329 e. The van der Waals surface area contributed by atoms with Crippen LogP contribution in [-0.2, 0) is 54.1 Å². The van der Waals surface area contributed by atoms with E-state index in [-0.39, 0.29) is 65.1 Å². The molecule has 296 valence electrons. The second-order valence-corrected chi connectivity index (χ2v) is 14.2. The molecule has 3 amide bonds. The number of hydrogen-bond acceptors (Lipinski definition) is 13. The van der Waals surface area contributed by atoms with E-state index >= 15 is 0 Å². The van der Waals surface area contributed by atoms with Crippen molar-refractivity contribution in [3.8, 4) is 10.4 Å². The van der Waals surface area contributed by atoms with E-state index in [0.717, 1.165) is 21.7 Å². The molecule has 53 heavy (non-hydrogen) atoms. The molecule has 0 unspecified atom stereocenters. The van der Waals surface area contributed by atoms with Gasteiger partial charge in [-0.1, -0.05) is 45.0 Å². The number of aliphatic carboxylic acids is 1. The normalized spacial score (nSPS) is 16.4. The average Bonchev–Trinajstić information content (AvgIpc) is 3.73. The van der Waals surface area contributed by atoms with Gasteiger partial charge in [0.1, 0.15) is 25.3 Å². The van der Waals surface area contributed by atoms with Crippen molar-refractivity contribution in [1.82, 2.24) is 20.5 Å². The van der Waals surface area contributed by atoms with Gasteiger partial charge in [-0.05, 0) is 23.5 Å². The minimum Gasteiger partial charge on any atom is -0.480 e. The Hall–Kier alpha value is -3.55. The molecule has 16 nitrogen and oxygen atoms in total. The quantitative estimate of drug-likeness (QED) is 0.106. The molecule has 0 spiro atoms. The number of thiazole rings is 1.